The van der Waals surface area contributed by atoms with Crippen LogP contribution in [0, 0.1) is 11.8 Å². The van der Waals surface area contributed by atoms with Crippen molar-refractivity contribution in [3.8, 4) is 5.75 Å². The zero-order valence-corrected chi connectivity index (χ0v) is 13.4. The number of carbonyl (C=O) groups is 2. The number of nitrogens with one attached hydrogen (secondary N) is 2. The van der Waals surface area contributed by atoms with Crippen molar-refractivity contribution in [1.82, 2.24) is 10.3 Å². The van der Waals surface area contributed by atoms with E-state index in [4.69, 9.17) is 4.74 Å². The van der Waals surface area contributed by atoms with Crippen molar-refractivity contribution in [3.63, 3.8) is 0 Å². The van der Waals surface area contributed by atoms with Gasteiger partial charge in [0, 0.05) is 18.9 Å². The van der Waals surface area contributed by atoms with Crippen LogP contribution >= 0.6 is 0 Å². The minimum absolute atomic E-state index is 0.0908. The van der Waals surface area contributed by atoms with E-state index in [-0.39, 0.29) is 23.7 Å². The molecule has 1 saturated carbocycles. The molecule has 0 spiro atoms. The predicted molar refractivity (Wildman–Crippen MR) is 89.3 cm³/mol. The van der Waals surface area contributed by atoms with Crippen LogP contribution in [0.5, 0.6) is 5.75 Å². The van der Waals surface area contributed by atoms with Crippen molar-refractivity contribution >= 4 is 17.5 Å². The Hall–Kier alpha value is -2.89. The highest BCUT2D eigenvalue weighted by molar-refractivity contribution is 6.00. The molecule has 1 aliphatic rings. The van der Waals surface area contributed by atoms with Crippen LogP contribution < -0.4 is 15.4 Å². The summed E-state index contributed by atoms with van der Waals surface area (Å²) in [4.78, 5) is 28.3. The van der Waals surface area contributed by atoms with Crippen molar-refractivity contribution in [2.24, 2.45) is 11.8 Å². The fraction of sp³-hybridized carbons (Fsp3) is 0.278. The normalized spacial score (nSPS) is 18.5. The van der Waals surface area contributed by atoms with Crippen LogP contribution in [0.25, 0.3) is 0 Å². The number of rotatable bonds is 6. The summed E-state index contributed by atoms with van der Waals surface area (Å²) in [6.07, 6.45) is 3.94. The van der Waals surface area contributed by atoms with Gasteiger partial charge in [0.15, 0.2) is 0 Å². The molecule has 3 rings (SSSR count). The summed E-state index contributed by atoms with van der Waals surface area (Å²) in [7, 11) is 1.55. The summed E-state index contributed by atoms with van der Waals surface area (Å²) in [6.45, 7) is 0.443. The van der Waals surface area contributed by atoms with Crippen molar-refractivity contribution in [2.45, 2.75) is 13.0 Å². The van der Waals surface area contributed by atoms with E-state index in [2.05, 4.69) is 15.6 Å². The number of ether oxygens (including phenoxy) is 1. The number of pyridine rings is 1. The molecule has 6 nitrogen and oxygen atoms in total. The second-order valence-electron chi connectivity index (χ2n) is 5.71. The van der Waals surface area contributed by atoms with Crippen LogP contribution in [0.1, 0.15) is 12.0 Å². The molecule has 124 valence electrons. The molecular weight excluding hydrogens is 306 g/mol. The molecule has 1 aromatic carbocycles. The average molecular weight is 325 g/mol. The summed E-state index contributed by atoms with van der Waals surface area (Å²) < 4.78 is 5.21. The molecule has 24 heavy (non-hydrogen) atoms. The van der Waals surface area contributed by atoms with Gasteiger partial charge in [-0.25, -0.2) is 0 Å². The summed E-state index contributed by atoms with van der Waals surface area (Å²) in [5.41, 5.74) is 1.60. The van der Waals surface area contributed by atoms with Gasteiger partial charge >= 0.3 is 0 Å². The van der Waals surface area contributed by atoms with Gasteiger partial charge in [-0.15, -0.1) is 0 Å². The Balaban J connectivity index is 1.51. The SMILES string of the molecule is COc1ccccc1NC(=O)C1CC1C(=O)NCc1ccncc1. The second-order valence-corrected chi connectivity index (χ2v) is 5.71. The largest absolute Gasteiger partial charge is 0.495 e. The van der Waals surface area contributed by atoms with Gasteiger partial charge in [-0.05, 0) is 36.2 Å². The molecular formula is C18H19N3O3. The maximum Gasteiger partial charge on any atom is 0.228 e. The van der Waals surface area contributed by atoms with E-state index in [0.717, 1.165) is 5.56 Å². The summed E-state index contributed by atoms with van der Waals surface area (Å²) in [6, 6.07) is 10.9. The maximum absolute atomic E-state index is 12.3. The van der Waals surface area contributed by atoms with Gasteiger partial charge in [0.05, 0.1) is 24.6 Å². The van der Waals surface area contributed by atoms with Crippen molar-refractivity contribution in [1.29, 1.82) is 0 Å². The number of hydrogen-bond acceptors (Lipinski definition) is 4. The predicted octanol–water partition coefficient (Wildman–Crippen LogP) is 1.98. The standard InChI is InChI=1S/C18H19N3O3/c1-24-16-5-3-2-4-15(16)21-18(23)14-10-13(14)17(22)20-11-12-6-8-19-9-7-12/h2-9,13-14H,10-11H2,1H3,(H,20,22)(H,21,23). The number of hydrogen-bond donors (Lipinski definition) is 2. The number of carbonyl (C=O) groups excluding carboxylic acids is 2. The molecule has 0 bridgehead atoms. The zero-order valence-electron chi connectivity index (χ0n) is 13.4. The quantitative estimate of drug-likeness (QED) is 0.851. The Labute approximate surface area is 140 Å². The Kier molecular flexibility index (Phi) is 4.74. The van der Waals surface area contributed by atoms with Crippen LogP contribution in [0.3, 0.4) is 0 Å². The van der Waals surface area contributed by atoms with Crippen molar-refractivity contribution in [3.05, 3.63) is 54.4 Å². The molecule has 2 unspecified atom stereocenters. The van der Waals surface area contributed by atoms with Crippen LogP contribution in [0.2, 0.25) is 0 Å². The van der Waals surface area contributed by atoms with Crippen molar-refractivity contribution < 1.29 is 14.3 Å². The van der Waals surface area contributed by atoms with E-state index in [1.54, 1.807) is 31.6 Å². The highest BCUT2D eigenvalue weighted by atomic mass is 16.5. The first-order valence-corrected chi connectivity index (χ1v) is 7.79. The van der Waals surface area contributed by atoms with Gasteiger partial charge in [-0.3, -0.25) is 14.6 Å². The number of aromatic nitrogens is 1. The number of anilines is 1. The number of nitrogens with zero attached hydrogens (tertiary/aromatic N) is 1. The lowest BCUT2D eigenvalue weighted by Crippen LogP contribution is -2.27. The van der Waals surface area contributed by atoms with E-state index in [1.165, 1.54) is 0 Å². The van der Waals surface area contributed by atoms with E-state index >= 15 is 0 Å². The second kappa shape index (κ2) is 7.12. The zero-order chi connectivity index (χ0) is 16.9. The first-order chi connectivity index (χ1) is 11.7. The summed E-state index contributed by atoms with van der Waals surface area (Å²) in [5.74, 6) is -0.186. The molecule has 1 aliphatic carbocycles. The lowest BCUT2D eigenvalue weighted by Gasteiger charge is -2.09. The van der Waals surface area contributed by atoms with Crippen LogP contribution in [0.15, 0.2) is 48.8 Å². The molecule has 0 saturated heterocycles. The number of benzene rings is 1. The monoisotopic (exact) mass is 325 g/mol. The third kappa shape index (κ3) is 3.71. The van der Waals surface area contributed by atoms with Gasteiger partial charge in [0.2, 0.25) is 11.8 Å². The molecule has 6 heteroatoms. The number of methoxy groups -OCH3 is 1. The summed E-state index contributed by atoms with van der Waals surface area (Å²) in [5, 5.41) is 5.69. The molecule has 1 fully saturated rings. The van der Waals surface area contributed by atoms with E-state index in [0.29, 0.717) is 24.4 Å². The fourth-order valence-corrected chi connectivity index (χ4v) is 2.57. The highest BCUT2D eigenvalue weighted by Gasteiger charge is 2.48. The van der Waals surface area contributed by atoms with E-state index in [9.17, 15) is 9.59 Å². The molecule has 2 amide bonds. The fourth-order valence-electron chi connectivity index (χ4n) is 2.57. The minimum atomic E-state index is -0.285. The van der Waals surface area contributed by atoms with Crippen LogP contribution in [-0.2, 0) is 16.1 Å². The Bertz CT molecular complexity index is 733. The highest BCUT2D eigenvalue weighted by Crippen LogP contribution is 2.40. The lowest BCUT2D eigenvalue weighted by atomic mass is 10.2. The molecule has 2 aromatic rings. The van der Waals surface area contributed by atoms with Crippen LogP contribution in [-0.4, -0.2) is 23.9 Å². The van der Waals surface area contributed by atoms with E-state index in [1.807, 2.05) is 24.3 Å². The molecule has 1 aromatic heterocycles. The van der Waals surface area contributed by atoms with Gasteiger partial charge in [-0.2, -0.15) is 0 Å². The molecule has 1 heterocycles. The number of para-hydroxylation sites is 2. The van der Waals surface area contributed by atoms with Gasteiger partial charge in [-0.1, -0.05) is 12.1 Å². The lowest BCUT2D eigenvalue weighted by molar-refractivity contribution is -0.125. The molecule has 2 atom stereocenters. The van der Waals surface area contributed by atoms with Gasteiger partial charge < -0.3 is 15.4 Å². The Morgan fingerprint density at radius 2 is 1.83 bits per heavy atom. The van der Waals surface area contributed by atoms with E-state index < -0.39 is 0 Å². The van der Waals surface area contributed by atoms with Crippen LogP contribution in [0.4, 0.5) is 5.69 Å². The third-order valence-electron chi connectivity index (χ3n) is 4.04. The first-order valence-electron chi connectivity index (χ1n) is 7.79. The smallest absolute Gasteiger partial charge is 0.228 e. The molecule has 2 N–H and O–H groups in total. The Morgan fingerprint density at radius 3 is 2.58 bits per heavy atom. The summed E-state index contributed by atoms with van der Waals surface area (Å²) >= 11 is 0. The van der Waals surface area contributed by atoms with Gasteiger partial charge in [0.25, 0.3) is 0 Å². The minimum Gasteiger partial charge on any atom is -0.495 e. The van der Waals surface area contributed by atoms with Crippen molar-refractivity contribution in [2.75, 3.05) is 12.4 Å². The average Bonchev–Trinajstić information content (AvgIpc) is 3.42. The first kappa shape index (κ1) is 16.0. The van der Waals surface area contributed by atoms with Gasteiger partial charge in [0.1, 0.15) is 5.75 Å². The Morgan fingerprint density at radius 1 is 1.12 bits per heavy atom. The topological polar surface area (TPSA) is 80.3 Å². The number of amides is 2. The molecule has 0 radical (unpaired) electrons. The third-order valence-corrected chi connectivity index (χ3v) is 4.04. The maximum atomic E-state index is 12.3. The molecule has 0 aliphatic heterocycles.